The van der Waals surface area contributed by atoms with Gasteiger partial charge >= 0.3 is 0 Å². The van der Waals surface area contributed by atoms with E-state index in [-0.39, 0.29) is 22.5 Å². The molecule has 0 radical (unpaired) electrons. The van der Waals surface area contributed by atoms with Crippen molar-refractivity contribution in [3.05, 3.63) is 103 Å². The van der Waals surface area contributed by atoms with E-state index >= 15 is 0 Å². The summed E-state index contributed by atoms with van der Waals surface area (Å²) in [5.41, 5.74) is 1.38. The van der Waals surface area contributed by atoms with Crippen molar-refractivity contribution >= 4 is 50.1 Å². The second-order valence-electron chi connectivity index (χ2n) is 6.97. The van der Waals surface area contributed by atoms with Crippen molar-refractivity contribution in [2.75, 3.05) is 4.90 Å². The number of carbonyl (C=O) groups is 1. The van der Waals surface area contributed by atoms with E-state index in [0.29, 0.717) is 27.2 Å². The molecule has 1 aliphatic heterocycles. The minimum atomic E-state index is -0.766. The number of phenols is 1. The molecule has 7 heteroatoms. The summed E-state index contributed by atoms with van der Waals surface area (Å²) >= 11 is 9.55. The van der Waals surface area contributed by atoms with Gasteiger partial charge in [0.25, 0.3) is 5.91 Å². The highest BCUT2D eigenvalue weighted by Crippen LogP contribution is 2.42. The Balaban J connectivity index is 1.84. The Hall–Kier alpha value is -3.09. The second-order valence-corrected chi connectivity index (χ2v) is 8.32. The summed E-state index contributed by atoms with van der Waals surface area (Å²) in [4.78, 5) is 28.4. The molecule has 1 atom stereocenters. The first-order chi connectivity index (χ1) is 14.4. The highest BCUT2D eigenvalue weighted by molar-refractivity contribution is 9.10. The standard InChI is InChI=1S/C23H13BrClNO4/c24-13-7-8-18-17(10-13)21(28)19-20(12-3-1-6-16(27)9-12)26(23(29)22(19)30-18)15-5-2-4-14(25)11-15/h1-11,20,27H. The summed E-state index contributed by atoms with van der Waals surface area (Å²) in [5.74, 6) is -0.418. The normalized spacial score (nSPS) is 15.6. The highest BCUT2D eigenvalue weighted by atomic mass is 79.9. The van der Waals surface area contributed by atoms with Crippen LogP contribution >= 0.6 is 27.5 Å². The van der Waals surface area contributed by atoms with Crippen LogP contribution in [-0.4, -0.2) is 11.0 Å². The molecular formula is C23H13BrClNO4. The van der Waals surface area contributed by atoms with Gasteiger partial charge < -0.3 is 9.52 Å². The van der Waals surface area contributed by atoms with Gasteiger partial charge in [-0.05, 0) is 54.1 Å². The molecule has 0 saturated carbocycles. The van der Waals surface area contributed by atoms with Gasteiger partial charge in [-0.3, -0.25) is 14.5 Å². The zero-order valence-corrected chi connectivity index (χ0v) is 17.6. The van der Waals surface area contributed by atoms with Crippen LogP contribution in [0.1, 0.15) is 27.7 Å². The largest absolute Gasteiger partial charge is 0.508 e. The first kappa shape index (κ1) is 18.9. The van der Waals surface area contributed by atoms with Crippen molar-refractivity contribution in [3.8, 4) is 5.75 Å². The fraction of sp³-hybridized carbons (Fsp3) is 0.0435. The molecule has 1 aliphatic rings. The zero-order chi connectivity index (χ0) is 21.0. The summed E-state index contributed by atoms with van der Waals surface area (Å²) in [6.07, 6.45) is 0. The molecule has 1 aromatic heterocycles. The second kappa shape index (κ2) is 7.00. The molecule has 3 aromatic carbocycles. The maximum Gasteiger partial charge on any atom is 0.295 e. The number of benzene rings is 3. The van der Waals surface area contributed by atoms with Gasteiger partial charge in [0.1, 0.15) is 11.3 Å². The average Bonchev–Trinajstić information content (AvgIpc) is 3.01. The van der Waals surface area contributed by atoms with E-state index in [4.69, 9.17) is 16.0 Å². The number of fused-ring (bicyclic) bond motifs is 2. The molecule has 1 N–H and O–H groups in total. The molecular weight excluding hydrogens is 470 g/mol. The predicted molar refractivity (Wildman–Crippen MR) is 118 cm³/mol. The van der Waals surface area contributed by atoms with Crippen LogP contribution < -0.4 is 10.3 Å². The molecule has 5 nitrogen and oxygen atoms in total. The number of halogens is 2. The van der Waals surface area contributed by atoms with Crippen LogP contribution in [-0.2, 0) is 0 Å². The van der Waals surface area contributed by atoms with Crippen LogP contribution in [0.3, 0.4) is 0 Å². The Bertz CT molecular complexity index is 1400. The number of hydrogen-bond acceptors (Lipinski definition) is 4. The lowest BCUT2D eigenvalue weighted by atomic mass is 9.98. The van der Waals surface area contributed by atoms with Crippen LogP contribution in [0, 0.1) is 0 Å². The van der Waals surface area contributed by atoms with Gasteiger partial charge in [0, 0.05) is 15.2 Å². The summed E-state index contributed by atoms with van der Waals surface area (Å²) in [6.45, 7) is 0. The zero-order valence-electron chi connectivity index (χ0n) is 15.3. The highest BCUT2D eigenvalue weighted by Gasteiger charge is 2.43. The Morgan fingerprint density at radius 2 is 1.80 bits per heavy atom. The van der Waals surface area contributed by atoms with Crippen LogP contribution in [0.15, 0.2) is 80.4 Å². The third-order valence-corrected chi connectivity index (χ3v) is 5.83. The fourth-order valence-corrected chi connectivity index (χ4v) is 4.39. The molecule has 30 heavy (non-hydrogen) atoms. The van der Waals surface area contributed by atoms with E-state index in [0.717, 1.165) is 4.47 Å². The smallest absolute Gasteiger partial charge is 0.295 e. The minimum absolute atomic E-state index is 0.0110. The molecule has 1 amide bonds. The Morgan fingerprint density at radius 1 is 1.00 bits per heavy atom. The minimum Gasteiger partial charge on any atom is -0.508 e. The Morgan fingerprint density at radius 3 is 2.57 bits per heavy atom. The van der Waals surface area contributed by atoms with Crippen molar-refractivity contribution in [1.82, 2.24) is 0 Å². The lowest BCUT2D eigenvalue weighted by molar-refractivity contribution is 0.0971. The van der Waals surface area contributed by atoms with Crippen LogP contribution in [0.25, 0.3) is 11.0 Å². The molecule has 0 aliphatic carbocycles. The SMILES string of the molecule is O=C1c2oc3ccc(Br)cc3c(=O)c2C(c2cccc(O)c2)N1c1cccc(Cl)c1. The maximum atomic E-state index is 13.5. The van der Waals surface area contributed by atoms with Gasteiger partial charge in [-0.1, -0.05) is 45.7 Å². The average molecular weight is 483 g/mol. The van der Waals surface area contributed by atoms with Crippen molar-refractivity contribution in [2.24, 2.45) is 0 Å². The monoisotopic (exact) mass is 481 g/mol. The van der Waals surface area contributed by atoms with Gasteiger partial charge in [0.05, 0.1) is 17.0 Å². The first-order valence-electron chi connectivity index (χ1n) is 9.08. The number of carbonyl (C=O) groups excluding carboxylic acids is 1. The quantitative estimate of drug-likeness (QED) is 0.400. The van der Waals surface area contributed by atoms with Gasteiger partial charge in [-0.25, -0.2) is 0 Å². The van der Waals surface area contributed by atoms with Crippen molar-refractivity contribution in [3.63, 3.8) is 0 Å². The van der Waals surface area contributed by atoms with Crippen LogP contribution in [0.2, 0.25) is 5.02 Å². The van der Waals surface area contributed by atoms with Crippen LogP contribution in [0.4, 0.5) is 5.69 Å². The lowest BCUT2D eigenvalue weighted by Gasteiger charge is -2.25. The van der Waals surface area contributed by atoms with E-state index in [9.17, 15) is 14.7 Å². The van der Waals surface area contributed by atoms with E-state index < -0.39 is 11.9 Å². The van der Waals surface area contributed by atoms with Gasteiger partial charge in [0.2, 0.25) is 5.76 Å². The number of phenolic OH excluding ortho intramolecular Hbond substituents is 1. The fourth-order valence-electron chi connectivity index (χ4n) is 3.85. The first-order valence-corrected chi connectivity index (χ1v) is 10.3. The third kappa shape index (κ3) is 2.91. The van der Waals surface area contributed by atoms with Gasteiger partial charge in [0.15, 0.2) is 5.43 Å². The Kier molecular flexibility index (Phi) is 4.41. The molecule has 2 heterocycles. The number of amides is 1. The molecule has 1 unspecified atom stereocenters. The molecule has 4 aromatic rings. The van der Waals surface area contributed by atoms with Crippen molar-refractivity contribution < 1.29 is 14.3 Å². The summed E-state index contributed by atoms with van der Waals surface area (Å²) in [6, 6.07) is 17.6. The lowest BCUT2D eigenvalue weighted by Crippen LogP contribution is -2.29. The number of anilines is 1. The molecule has 148 valence electrons. The topological polar surface area (TPSA) is 70.8 Å². The summed E-state index contributed by atoms with van der Waals surface area (Å²) in [5, 5.41) is 10.9. The number of hydrogen-bond donors (Lipinski definition) is 1. The van der Waals surface area contributed by atoms with Crippen molar-refractivity contribution in [1.29, 1.82) is 0 Å². The van der Waals surface area contributed by atoms with Crippen LogP contribution in [0.5, 0.6) is 5.75 Å². The Labute approximate surface area is 184 Å². The van der Waals surface area contributed by atoms with Gasteiger partial charge in [-0.15, -0.1) is 0 Å². The molecule has 0 bridgehead atoms. The number of rotatable bonds is 2. The van der Waals surface area contributed by atoms with E-state index in [1.165, 1.54) is 17.0 Å². The molecule has 0 spiro atoms. The van der Waals surface area contributed by atoms with E-state index in [2.05, 4.69) is 15.9 Å². The number of aromatic hydroxyl groups is 1. The molecule has 0 saturated heterocycles. The van der Waals surface area contributed by atoms with E-state index in [1.54, 1.807) is 54.6 Å². The maximum absolute atomic E-state index is 13.5. The predicted octanol–water partition coefficient (Wildman–Crippen LogP) is 5.66. The molecule has 5 rings (SSSR count). The summed E-state index contributed by atoms with van der Waals surface area (Å²) in [7, 11) is 0. The number of nitrogens with zero attached hydrogens (tertiary/aromatic N) is 1. The third-order valence-electron chi connectivity index (χ3n) is 5.10. The van der Waals surface area contributed by atoms with Gasteiger partial charge in [-0.2, -0.15) is 0 Å². The van der Waals surface area contributed by atoms with E-state index in [1.807, 2.05) is 0 Å². The van der Waals surface area contributed by atoms with Crippen molar-refractivity contribution in [2.45, 2.75) is 6.04 Å². The molecule has 0 fully saturated rings. The summed E-state index contributed by atoms with van der Waals surface area (Å²) < 4.78 is 6.64.